The van der Waals surface area contributed by atoms with Gasteiger partial charge in [-0.05, 0) is 46.3 Å². The molecule has 0 atom stereocenters. The van der Waals surface area contributed by atoms with Crippen molar-refractivity contribution in [2.24, 2.45) is 5.10 Å². The molecule has 6 nitrogen and oxygen atoms in total. The third-order valence-corrected chi connectivity index (χ3v) is 4.98. The molecule has 0 aliphatic carbocycles. The van der Waals surface area contributed by atoms with Crippen LogP contribution in [0.4, 0.5) is 5.69 Å². The number of halogens is 3. The second-order valence-corrected chi connectivity index (χ2v) is 6.98. The second kappa shape index (κ2) is 9.19. The van der Waals surface area contributed by atoms with Gasteiger partial charge < -0.3 is 15.5 Å². The molecule has 2 aromatic carbocycles. The van der Waals surface area contributed by atoms with Gasteiger partial charge in [0, 0.05) is 26.3 Å². The van der Waals surface area contributed by atoms with Crippen molar-refractivity contribution < 1.29 is 15.0 Å². The number of hydrogen-bond donors (Lipinski definition) is 4. The van der Waals surface area contributed by atoms with E-state index in [2.05, 4.69) is 47.7 Å². The Balaban J connectivity index is 1.94. The highest BCUT2D eigenvalue weighted by Crippen LogP contribution is 2.35. The van der Waals surface area contributed by atoms with Gasteiger partial charge in [0.15, 0.2) is 0 Å². The van der Waals surface area contributed by atoms with Crippen LogP contribution in [0.1, 0.15) is 11.1 Å². The summed E-state index contributed by atoms with van der Waals surface area (Å²) in [6, 6.07) is 8.54. The number of hydrogen-bond acceptors (Lipinski definition) is 5. The summed E-state index contributed by atoms with van der Waals surface area (Å²) in [5, 5.41) is 26.7. The van der Waals surface area contributed by atoms with E-state index in [0.717, 1.165) is 5.69 Å². The zero-order valence-corrected chi connectivity index (χ0v) is 16.7. The van der Waals surface area contributed by atoms with Gasteiger partial charge >= 0.3 is 0 Å². The number of nitrogens with zero attached hydrogens (tertiary/aromatic N) is 1. The zero-order valence-electron chi connectivity index (χ0n) is 12.8. The van der Waals surface area contributed by atoms with Crippen LogP contribution in [0.3, 0.4) is 0 Å². The van der Waals surface area contributed by atoms with Gasteiger partial charge in [-0.2, -0.15) is 5.10 Å². The van der Waals surface area contributed by atoms with Crippen LogP contribution in [-0.2, 0) is 11.4 Å². The van der Waals surface area contributed by atoms with Crippen LogP contribution in [0.5, 0.6) is 5.75 Å². The highest BCUT2D eigenvalue weighted by molar-refractivity contribution is 9.11. The van der Waals surface area contributed by atoms with Gasteiger partial charge in [0.1, 0.15) is 5.75 Å². The van der Waals surface area contributed by atoms with Crippen LogP contribution in [0.15, 0.2) is 44.4 Å². The minimum Gasteiger partial charge on any atom is -0.506 e. The van der Waals surface area contributed by atoms with E-state index >= 15 is 0 Å². The molecule has 4 N–H and O–H groups in total. The molecule has 0 spiro atoms. The number of aromatic hydroxyl groups is 1. The smallest absolute Gasteiger partial charge is 0.259 e. The quantitative estimate of drug-likeness (QED) is 0.367. The Hall–Kier alpha value is -1.61. The lowest BCUT2D eigenvalue weighted by molar-refractivity contribution is -0.119. The number of hydrazone groups is 1. The van der Waals surface area contributed by atoms with Gasteiger partial charge in [0.2, 0.25) is 0 Å². The molecule has 0 unspecified atom stereocenters. The monoisotopic (exact) mass is 489 g/mol. The van der Waals surface area contributed by atoms with Crippen molar-refractivity contribution in [1.29, 1.82) is 0 Å². The first-order valence-electron chi connectivity index (χ1n) is 7.04. The summed E-state index contributed by atoms with van der Waals surface area (Å²) in [5.41, 5.74) is 4.01. The average molecular weight is 492 g/mol. The Morgan fingerprint density at radius 2 is 1.96 bits per heavy atom. The topological polar surface area (TPSA) is 94.0 Å². The van der Waals surface area contributed by atoms with Crippen LogP contribution in [0.2, 0.25) is 5.02 Å². The third kappa shape index (κ3) is 5.43. The molecule has 0 saturated heterocycles. The molecule has 0 heterocycles. The molecule has 0 radical (unpaired) electrons. The summed E-state index contributed by atoms with van der Waals surface area (Å²) >= 11 is 12.3. The lowest BCUT2D eigenvalue weighted by Crippen LogP contribution is -2.25. The van der Waals surface area contributed by atoms with Crippen molar-refractivity contribution >= 4 is 61.3 Å². The fourth-order valence-electron chi connectivity index (χ4n) is 1.87. The molecule has 0 fully saturated rings. The largest absolute Gasteiger partial charge is 0.506 e. The van der Waals surface area contributed by atoms with Crippen molar-refractivity contribution in [3.63, 3.8) is 0 Å². The minimum atomic E-state index is -0.351. The van der Waals surface area contributed by atoms with Crippen molar-refractivity contribution in [1.82, 2.24) is 5.43 Å². The highest BCUT2D eigenvalue weighted by atomic mass is 79.9. The molecular formula is C16H14Br2ClN3O3. The summed E-state index contributed by atoms with van der Waals surface area (Å²) in [7, 11) is 0. The van der Waals surface area contributed by atoms with Gasteiger partial charge in [-0.3, -0.25) is 4.79 Å². The Kier molecular flexibility index (Phi) is 7.24. The number of aliphatic hydroxyl groups excluding tert-OH is 1. The first kappa shape index (κ1) is 19.7. The fraction of sp³-hybridized carbons (Fsp3) is 0.125. The number of aliphatic hydroxyl groups is 1. The van der Waals surface area contributed by atoms with Crippen LogP contribution >= 0.6 is 43.5 Å². The molecule has 132 valence electrons. The maximum Gasteiger partial charge on any atom is 0.259 e. The first-order valence-corrected chi connectivity index (χ1v) is 9.00. The maximum atomic E-state index is 11.8. The summed E-state index contributed by atoms with van der Waals surface area (Å²) in [6.07, 6.45) is 1.31. The molecular weight excluding hydrogens is 477 g/mol. The Bertz CT molecular complexity index is 798. The normalized spacial score (nSPS) is 10.9. The minimum absolute atomic E-state index is 0.0296. The molecule has 2 rings (SSSR count). The van der Waals surface area contributed by atoms with E-state index in [1.165, 1.54) is 6.21 Å². The Labute approximate surface area is 166 Å². The predicted molar refractivity (Wildman–Crippen MR) is 105 cm³/mol. The third-order valence-electron chi connectivity index (χ3n) is 3.17. The van der Waals surface area contributed by atoms with Gasteiger partial charge in [0.05, 0.1) is 23.8 Å². The molecule has 0 aliphatic heterocycles. The summed E-state index contributed by atoms with van der Waals surface area (Å²) < 4.78 is 0.971. The van der Waals surface area contributed by atoms with Crippen molar-refractivity contribution in [2.75, 3.05) is 11.9 Å². The van der Waals surface area contributed by atoms with E-state index in [1.807, 2.05) is 0 Å². The number of amides is 1. The van der Waals surface area contributed by atoms with Crippen LogP contribution in [-0.4, -0.2) is 28.9 Å². The second-order valence-electron chi connectivity index (χ2n) is 4.90. The number of phenols is 1. The number of benzene rings is 2. The summed E-state index contributed by atoms with van der Waals surface area (Å²) in [6.45, 7) is -0.207. The number of phenolic OH excluding ortho intramolecular Hbond substituents is 1. The number of nitrogens with one attached hydrogen (secondary N) is 2. The SMILES string of the molecule is O=C(CNc1ccc(Cl)cc1)NN=Cc1cc(Br)c(CO)c(Br)c1O. The van der Waals surface area contributed by atoms with E-state index in [-0.39, 0.29) is 24.8 Å². The molecule has 0 aliphatic rings. The standard InChI is InChI=1S/C16H14Br2ClN3O3/c17-13-5-9(16(25)15(18)12(13)8-23)6-21-22-14(24)7-20-11-3-1-10(19)2-4-11/h1-6,20,23,25H,7-8H2,(H,22,24). The molecule has 2 aromatic rings. The lowest BCUT2D eigenvalue weighted by Gasteiger charge is -2.09. The lowest BCUT2D eigenvalue weighted by atomic mass is 10.1. The molecule has 9 heteroatoms. The van der Waals surface area contributed by atoms with Gasteiger partial charge in [-0.25, -0.2) is 5.43 Å². The first-order chi connectivity index (χ1) is 11.9. The van der Waals surface area contributed by atoms with Crippen molar-refractivity contribution in [3.8, 4) is 5.75 Å². The van der Waals surface area contributed by atoms with Crippen LogP contribution < -0.4 is 10.7 Å². The summed E-state index contributed by atoms with van der Waals surface area (Å²) in [4.78, 5) is 11.8. The average Bonchev–Trinajstić information content (AvgIpc) is 2.59. The number of carbonyl (C=O) groups is 1. The predicted octanol–water partition coefficient (Wildman–Crippen LogP) is 3.63. The van der Waals surface area contributed by atoms with Gasteiger partial charge in [-0.1, -0.05) is 27.5 Å². The van der Waals surface area contributed by atoms with E-state index < -0.39 is 0 Å². The van der Waals surface area contributed by atoms with Crippen molar-refractivity contribution in [3.05, 3.63) is 55.4 Å². The molecule has 0 aromatic heterocycles. The molecule has 1 amide bonds. The fourth-order valence-corrected chi connectivity index (χ4v) is 3.40. The van der Waals surface area contributed by atoms with Gasteiger partial charge in [-0.15, -0.1) is 0 Å². The van der Waals surface area contributed by atoms with Crippen LogP contribution in [0.25, 0.3) is 0 Å². The molecule has 25 heavy (non-hydrogen) atoms. The van der Waals surface area contributed by atoms with Crippen LogP contribution in [0, 0.1) is 0 Å². The van der Waals surface area contributed by atoms with E-state index in [0.29, 0.717) is 25.1 Å². The highest BCUT2D eigenvalue weighted by Gasteiger charge is 2.13. The zero-order chi connectivity index (χ0) is 18.4. The number of anilines is 1. The van der Waals surface area contributed by atoms with Gasteiger partial charge in [0.25, 0.3) is 5.91 Å². The van der Waals surface area contributed by atoms with Crippen molar-refractivity contribution in [2.45, 2.75) is 6.61 Å². The van der Waals surface area contributed by atoms with E-state index in [9.17, 15) is 15.0 Å². The summed E-state index contributed by atoms with van der Waals surface area (Å²) in [5.74, 6) is -0.430. The van der Waals surface area contributed by atoms with E-state index in [1.54, 1.807) is 30.3 Å². The Morgan fingerprint density at radius 3 is 2.60 bits per heavy atom. The number of rotatable bonds is 6. The Morgan fingerprint density at radius 1 is 1.28 bits per heavy atom. The van der Waals surface area contributed by atoms with E-state index in [4.69, 9.17) is 11.6 Å². The maximum absolute atomic E-state index is 11.8. The number of carbonyl (C=O) groups excluding carboxylic acids is 1. The molecule has 0 saturated carbocycles. The molecule has 0 bridgehead atoms.